The van der Waals surface area contributed by atoms with Crippen molar-refractivity contribution in [2.24, 2.45) is 0 Å². The molecule has 0 aliphatic heterocycles. The average molecular weight is 252 g/mol. The van der Waals surface area contributed by atoms with Gasteiger partial charge in [-0.3, -0.25) is 0 Å². The van der Waals surface area contributed by atoms with Crippen LogP contribution < -0.4 is 5.73 Å². The average Bonchev–Trinajstić information content (AvgIpc) is 2.81. The number of aliphatic hydroxyl groups excluding tert-OH is 1. The molecule has 0 bridgehead atoms. The molecule has 5 heteroatoms. The minimum atomic E-state index is 0.0614. The lowest BCUT2D eigenvalue weighted by Gasteiger charge is -2.03. The SMILES string of the molecule is N#Cc1cnn(-c2ccc(C#CCCO)cc2)c1N. The summed E-state index contributed by atoms with van der Waals surface area (Å²) < 4.78 is 1.50. The zero-order valence-electron chi connectivity index (χ0n) is 10.2. The van der Waals surface area contributed by atoms with Gasteiger partial charge in [-0.15, -0.1) is 0 Å². The van der Waals surface area contributed by atoms with Gasteiger partial charge in [0.2, 0.25) is 0 Å². The fraction of sp³-hybridized carbons (Fsp3) is 0.143. The molecule has 1 heterocycles. The van der Waals surface area contributed by atoms with Gasteiger partial charge in [-0.05, 0) is 24.3 Å². The minimum absolute atomic E-state index is 0.0614. The van der Waals surface area contributed by atoms with Crippen molar-refractivity contribution in [3.63, 3.8) is 0 Å². The van der Waals surface area contributed by atoms with Crippen LogP contribution in [0.25, 0.3) is 5.69 Å². The van der Waals surface area contributed by atoms with Crippen LogP contribution in [0.2, 0.25) is 0 Å². The van der Waals surface area contributed by atoms with Gasteiger partial charge < -0.3 is 10.8 Å². The molecule has 0 unspecified atom stereocenters. The van der Waals surface area contributed by atoms with Crippen molar-refractivity contribution in [1.29, 1.82) is 5.26 Å². The number of anilines is 1. The predicted octanol–water partition coefficient (Wildman–Crippen LogP) is 1.06. The molecular formula is C14H12N4O. The highest BCUT2D eigenvalue weighted by Gasteiger charge is 2.07. The molecule has 0 fully saturated rings. The van der Waals surface area contributed by atoms with Crippen LogP contribution in [-0.2, 0) is 0 Å². The van der Waals surface area contributed by atoms with Crippen LogP contribution in [0.1, 0.15) is 17.5 Å². The van der Waals surface area contributed by atoms with Crippen LogP contribution >= 0.6 is 0 Å². The van der Waals surface area contributed by atoms with E-state index >= 15 is 0 Å². The molecule has 0 saturated carbocycles. The van der Waals surface area contributed by atoms with E-state index in [1.165, 1.54) is 10.9 Å². The second-order valence-corrected chi connectivity index (χ2v) is 3.79. The summed E-state index contributed by atoms with van der Waals surface area (Å²) in [5.74, 6) is 6.10. The molecular weight excluding hydrogens is 240 g/mol. The standard InChI is InChI=1S/C14H12N4O/c15-9-12-10-17-18(14(12)16)13-6-4-11(5-7-13)3-1-2-8-19/h4-7,10,19H,2,8,16H2. The van der Waals surface area contributed by atoms with E-state index in [2.05, 4.69) is 16.9 Å². The quantitative estimate of drug-likeness (QED) is 0.782. The third-order valence-electron chi connectivity index (χ3n) is 2.51. The number of nitriles is 1. The van der Waals surface area contributed by atoms with Gasteiger partial charge in [0.05, 0.1) is 18.5 Å². The zero-order chi connectivity index (χ0) is 13.7. The van der Waals surface area contributed by atoms with E-state index in [9.17, 15) is 0 Å². The third kappa shape index (κ3) is 2.74. The van der Waals surface area contributed by atoms with E-state index < -0.39 is 0 Å². The molecule has 0 saturated heterocycles. The highest BCUT2D eigenvalue weighted by atomic mass is 16.2. The summed E-state index contributed by atoms with van der Waals surface area (Å²) in [4.78, 5) is 0. The van der Waals surface area contributed by atoms with Crippen molar-refractivity contribution in [2.75, 3.05) is 12.3 Å². The van der Waals surface area contributed by atoms with E-state index in [1.807, 2.05) is 30.3 Å². The highest BCUT2D eigenvalue weighted by molar-refractivity contribution is 5.53. The Morgan fingerprint density at radius 3 is 2.63 bits per heavy atom. The molecule has 1 aromatic carbocycles. The van der Waals surface area contributed by atoms with Gasteiger partial charge in [-0.25, -0.2) is 4.68 Å². The summed E-state index contributed by atoms with van der Waals surface area (Å²) in [6.07, 6.45) is 1.89. The van der Waals surface area contributed by atoms with Crippen molar-refractivity contribution < 1.29 is 5.11 Å². The molecule has 94 valence electrons. The van der Waals surface area contributed by atoms with Crippen molar-refractivity contribution in [1.82, 2.24) is 9.78 Å². The van der Waals surface area contributed by atoms with E-state index in [0.29, 0.717) is 17.8 Å². The largest absolute Gasteiger partial charge is 0.395 e. The first-order valence-corrected chi connectivity index (χ1v) is 5.70. The van der Waals surface area contributed by atoms with Crippen LogP contribution in [0.3, 0.4) is 0 Å². The highest BCUT2D eigenvalue weighted by Crippen LogP contribution is 2.16. The maximum atomic E-state index is 8.82. The van der Waals surface area contributed by atoms with Gasteiger partial charge in [0.25, 0.3) is 0 Å². The van der Waals surface area contributed by atoms with Gasteiger partial charge in [-0.2, -0.15) is 10.4 Å². The Balaban J connectivity index is 2.26. The van der Waals surface area contributed by atoms with Gasteiger partial charge in [0.15, 0.2) is 0 Å². The molecule has 5 nitrogen and oxygen atoms in total. The summed E-state index contributed by atoms with van der Waals surface area (Å²) in [5, 5.41) is 21.5. The van der Waals surface area contributed by atoms with Crippen LogP contribution in [0.15, 0.2) is 30.5 Å². The van der Waals surface area contributed by atoms with Gasteiger partial charge >= 0.3 is 0 Å². The molecule has 0 atom stereocenters. The third-order valence-corrected chi connectivity index (χ3v) is 2.51. The first-order chi connectivity index (χ1) is 9.26. The number of nitrogens with two attached hydrogens (primary N) is 1. The number of hydrogen-bond donors (Lipinski definition) is 2. The van der Waals surface area contributed by atoms with Gasteiger partial charge in [0, 0.05) is 12.0 Å². The minimum Gasteiger partial charge on any atom is -0.395 e. The number of aromatic nitrogens is 2. The Hall–Kier alpha value is -2.76. The maximum absolute atomic E-state index is 8.82. The summed E-state index contributed by atoms with van der Waals surface area (Å²) >= 11 is 0. The molecule has 3 N–H and O–H groups in total. The number of aliphatic hydroxyl groups is 1. The lowest BCUT2D eigenvalue weighted by Crippen LogP contribution is -2.02. The monoisotopic (exact) mass is 252 g/mol. The van der Waals surface area contributed by atoms with E-state index in [0.717, 1.165) is 11.3 Å². The first kappa shape index (κ1) is 12.7. The molecule has 1 aromatic heterocycles. The smallest absolute Gasteiger partial charge is 0.145 e. The first-order valence-electron chi connectivity index (χ1n) is 5.70. The second-order valence-electron chi connectivity index (χ2n) is 3.79. The molecule has 0 spiro atoms. The number of nitrogen functional groups attached to an aromatic ring is 1. The van der Waals surface area contributed by atoms with E-state index in [4.69, 9.17) is 16.1 Å². The molecule has 0 aliphatic rings. The van der Waals surface area contributed by atoms with Crippen LogP contribution in [0, 0.1) is 23.2 Å². The molecule has 19 heavy (non-hydrogen) atoms. The summed E-state index contributed by atoms with van der Waals surface area (Å²) in [5.41, 5.74) is 7.78. The maximum Gasteiger partial charge on any atom is 0.145 e. The van der Waals surface area contributed by atoms with Gasteiger partial charge in [0.1, 0.15) is 17.5 Å². The molecule has 0 radical (unpaired) electrons. The Bertz CT molecular complexity index is 668. The van der Waals surface area contributed by atoms with E-state index in [1.54, 1.807) is 0 Å². The molecule has 0 aliphatic carbocycles. The van der Waals surface area contributed by atoms with Crippen LogP contribution in [-0.4, -0.2) is 21.5 Å². The summed E-state index contributed by atoms with van der Waals surface area (Å²) in [6, 6.07) is 9.31. The van der Waals surface area contributed by atoms with E-state index in [-0.39, 0.29) is 6.61 Å². The summed E-state index contributed by atoms with van der Waals surface area (Å²) in [7, 11) is 0. The van der Waals surface area contributed by atoms with Crippen molar-refractivity contribution in [2.45, 2.75) is 6.42 Å². The fourth-order valence-electron chi connectivity index (χ4n) is 1.56. The van der Waals surface area contributed by atoms with Crippen LogP contribution in [0.5, 0.6) is 0 Å². The Kier molecular flexibility index (Phi) is 3.82. The molecule has 2 rings (SSSR count). The lowest BCUT2D eigenvalue weighted by atomic mass is 10.2. The fourth-order valence-corrected chi connectivity index (χ4v) is 1.56. The Morgan fingerprint density at radius 1 is 1.32 bits per heavy atom. The lowest BCUT2D eigenvalue weighted by molar-refractivity contribution is 0.305. The molecule has 0 amide bonds. The second kappa shape index (κ2) is 5.72. The number of rotatable bonds is 2. The number of hydrogen-bond acceptors (Lipinski definition) is 4. The zero-order valence-corrected chi connectivity index (χ0v) is 10.2. The topological polar surface area (TPSA) is 87.9 Å². The Labute approximate surface area is 110 Å². The molecule has 2 aromatic rings. The number of nitrogens with zero attached hydrogens (tertiary/aromatic N) is 3. The van der Waals surface area contributed by atoms with Gasteiger partial charge in [-0.1, -0.05) is 11.8 Å². The van der Waals surface area contributed by atoms with Crippen LogP contribution in [0.4, 0.5) is 5.82 Å². The van der Waals surface area contributed by atoms with Crippen molar-refractivity contribution in [3.05, 3.63) is 41.6 Å². The number of benzene rings is 1. The predicted molar refractivity (Wildman–Crippen MR) is 71.3 cm³/mol. The normalized spacial score (nSPS) is 9.47. The summed E-state index contributed by atoms with van der Waals surface area (Å²) in [6.45, 7) is 0.0614. The van der Waals surface area contributed by atoms with Crippen molar-refractivity contribution >= 4 is 5.82 Å². The Morgan fingerprint density at radius 2 is 2.05 bits per heavy atom. The van der Waals surface area contributed by atoms with Crippen molar-refractivity contribution in [3.8, 4) is 23.6 Å².